The summed E-state index contributed by atoms with van der Waals surface area (Å²) in [5.74, 6) is -0.918. The summed E-state index contributed by atoms with van der Waals surface area (Å²) >= 11 is 1.19. The fraction of sp³-hybridized carbons (Fsp3) is 0.700. The van der Waals surface area contributed by atoms with Gasteiger partial charge in [0, 0.05) is 5.54 Å². The van der Waals surface area contributed by atoms with Gasteiger partial charge in [0.15, 0.2) is 0 Å². The SMILES string of the molecule is CC(C)(C)N(CC(=O)O)C(=O)CSCC#N. The van der Waals surface area contributed by atoms with E-state index < -0.39 is 11.5 Å². The Morgan fingerprint density at radius 2 is 2.00 bits per heavy atom. The van der Waals surface area contributed by atoms with E-state index in [1.54, 1.807) is 20.8 Å². The average molecular weight is 244 g/mol. The number of rotatable bonds is 5. The number of hydrogen-bond donors (Lipinski definition) is 1. The first-order valence-corrected chi connectivity index (χ1v) is 5.91. The van der Waals surface area contributed by atoms with Crippen LogP contribution in [0.15, 0.2) is 0 Å². The lowest BCUT2D eigenvalue weighted by Gasteiger charge is -2.34. The number of amides is 1. The number of hydrogen-bond acceptors (Lipinski definition) is 4. The molecule has 0 unspecified atom stereocenters. The van der Waals surface area contributed by atoms with Crippen LogP contribution in [0.4, 0.5) is 0 Å². The summed E-state index contributed by atoms with van der Waals surface area (Å²) in [6, 6.07) is 1.92. The van der Waals surface area contributed by atoms with Gasteiger partial charge in [-0.15, -0.1) is 11.8 Å². The molecule has 0 aromatic heterocycles. The molecule has 90 valence electrons. The van der Waals surface area contributed by atoms with Gasteiger partial charge in [-0.25, -0.2) is 0 Å². The number of nitriles is 1. The monoisotopic (exact) mass is 244 g/mol. The first-order chi connectivity index (χ1) is 7.29. The Labute approximate surface area is 99.4 Å². The lowest BCUT2D eigenvalue weighted by Crippen LogP contribution is -2.49. The van der Waals surface area contributed by atoms with Crippen LogP contribution in [-0.4, -0.2) is 45.5 Å². The van der Waals surface area contributed by atoms with Crippen molar-refractivity contribution < 1.29 is 14.7 Å². The van der Waals surface area contributed by atoms with Gasteiger partial charge < -0.3 is 10.0 Å². The Balaban J connectivity index is 4.47. The van der Waals surface area contributed by atoms with Gasteiger partial charge in [-0.05, 0) is 20.8 Å². The highest BCUT2D eigenvalue weighted by Crippen LogP contribution is 2.15. The summed E-state index contributed by atoms with van der Waals surface area (Å²) in [5.41, 5.74) is -0.525. The summed E-state index contributed by atoms with van der Waals surface area (Å²) in [4.78, 5) is 23.7. The fourth-order valence-electron chi connectivity index (χ4n) is 1.10. The Morgan fingerprint density at radius 3 is 2.38 bits per heavy atom. The molecule has 6 heteroatoms. The maximum Gasteiger partial charge on any atom is 0.323 e. The molecule has 0 aliphatic rings. The highest BCUT2D eigenvalue weighted by atomic mass is 32.2. The summed E-state index contributed by atoms with van der Waals surface area (Å²) in [6.45, 7) is 5.03. The number of thioether (sulfide) groups is 1. The third kappa shape index (κ3) is 5.61. The molecule has 0 aliphatic carbocycles. The van der Waals surface area contributed by atoms with Gasteiger partial charge in [0.2, 0.25) is 5.91 Å². The van der Waals surface area contributed by atoms with Crippen LogP contribution in [0.5, 0.6) is 0 Å². The third-order valence-corrected chi connectivity index (χ3v) is 2.58. The van der Waals surface area contributed by atoms with E-state index in [0.717, 1.165) is 0 Å². The van der Waals surface area contributed by atoms with Crippen LogP contribution in [-0.2, 0) is 9.59 Å². The highest BCUT2D eigenvalue weighted by molar-refractivity contribution is 8.00. The number of carbonyl (C=O) groups is 2. The minimum atomic E-state index is -1.03. The minimum Gasteiger partial charge on any atom is -0.480 e. The molecule has 0 aliphatic heterocycles. The Kier molecular flexibility index (Phi) is 5.89. The quantitative estimate of drug-likeness (QED) is 0.728. The van der Waals surface area contributed by atoms with Gasteiger partial charge in [0.05, 0.1) is 17.6 Å². The second-order valence-electron chi connectivity index (χ2n) is 4.20. The van der Waals surface area contributed by atoms with E-state index in [1.807, 2.05) is 6.07 Å². The van der Waals surface area contributed by atoms with Gasteiger partial charge in [-0.1, -0.05) is 0 Å². The van der Waals surface area contributed by atoms with Crippen LogP contribution in [0.3, 0.4) is 0 Å². The molecule has 0 saturated heterocycles. The van der Waals surface area contributed by atoms with Crippen molar-refractivity contribution in [2.75, 3.05) is 18.1 Å². The van der Waals surface area contributed by atoms with Crippen LogP contribution >= 0.6 is 11.8 Å². The zero-order valence-electron chi connectivity index (χ0n) is 9.69. The number of carbonyl (C=O) groups excluding carboxylic acids is 1. The Hall–Kier alpha value is -1.22. The molecule has 0 rings (SSSR count). The van der Waals surface area contributed by atoms with Gasteiger partial charge in [0.1, 0.15) is 6.54 Å². The summed E-state index contributed by atoms with van der Waals surface area (Å²) < 4.78 is 0. The van der Waals surface area contributed by atoms with E-state index in [1.165, 1.54) is 16.7 Å². The van der Waals surface area contributed by atoms with Crippen LogP contribution < -0.4 is 0 Å². The molecule has 0 bridgehead atoms. The van der Waals surface area contributed by atoms with E-state index in [9.17, 15) is 9.59 Å². The second kappa shape index (κ2) is 6.38. The maximum absolute atomic E-state index is 11.7. The summed E-state index contributed by atoms with van der Waals surface area (Å²) in [7, 11) is 0. The molecule has 0 saturated carbocycles. The van der Waals surface area contributed by atoms with Crippen molar-refractivity contribution in [1.82, 2.24) is 4.90 Å². The van der Waals surface area contributed by atoms with Crippen LogP contribution in [0.2, 0.25) is 0 Å². The molecule has 5 nitrogen and oxygen atoms in total. The molecular formula is C10H16N2O3S. The minimum absolute atomic E-state index is 0.137. The molecule has 0 aromatic carbocycles. The standard InChI is InChI=1S/C10H16N2O3S/c1-10(2,3)12(6-9(14)15)8(13)7-16-5-4-11/h5-7H2,1-3H3,(H,14,15). The maximum atomic E-state index is 11.7. The van der Waals surface area contributed by atoms with Gasteiger partial charge in [0.25, 0.3) is 0 Å². The highest BCUT2D eigenvalue weighted by Gasteiger charge is 2.27. The molecule has 1 amide bonds. The van der Waals surface area contributed by atoms with E-state index in [0.29, 0.717) is 0 Å². The predicted molar refractivity (Wildman–Crippen MR) is 62.0 cm³/mol. The molecule has 0 spiro atoms. The number of carboxylic acid groups (broad SMARTS) is 1. The summed E-state index contributed by atoms with van der Waals surface area (Å²) in [5, 5.41) is 17.0. The van der Waals surface area contributed by atoms with Crippen molar-refractivity contribution in [3.8, 4) is 6.07 Å². The topological polar surface area (TPSA) is 81.4 Å². The lowest BCUT2D eigenvalue weighted by molar-refractivity contribution is -0.146. The van der Waals surface area contributed by atoms with Gasteiger partial charge >= 0.3 is 5.97 Å². The van der Waals surface area contributed by atoms with Crippen molar-refractivity contribution in [3.63, 3.8) is 0 Å². The average Bonchev–Trinajstić information content (AvgIpc) is 2.12. The van der Waals surface area contributed by atoms with Crippen molar-refractivity contribution >= 4 is 23.6 Å². The molecular weight excluding hydrogens is 228 g/mol. The number of carboxylic acids is 1. The number of nitrogens with zero attached hydrogens (tertiary/aromatic N) is 2. The van der Waals surface area contributed by atoms with Gasteiger partial charge in [-0.3, -0.25) is 9.59 Å². The van der Waals surface area contributed by atoms with E-state index in [2.05, 4.69) is 0 Å². The van der Waals surface area contributed by atoms with Crippen molar-refractivity contribution in [3.05, 3.63) is 0 Å². The molecule has 0 radical (unpaired) electrons. The molecule has 0 heterocycles. The molecule has 1 N–H and O–H groups in total. The smallest absolute Gasteiger partial charge is 0.323 e. The fourth-order valence-corrected chi connectivity index (χ4v) is 1.62. The van der Waals surface area contributed by atoms with Gasteiger partial charge in [-0.2, -0.15) is 5.26 Å². The van der Waals surface area contributed by atoms with Crippen molar-refractivity contribution in [2.45, 2.75) is 26.3 Å². The third-order valence-electron chi connectivity index (χ3n) is 1.80. The lowest BCUT2D eigenvalue weighted by atomic mass is 10.1. The molecule has 16 heavy (non-hydrogen) atoms. The first-order valence-electron chi connectivity index (χ1n) is 4.76. The Bertz CT molecular complexity index is 304. The van der Waals surface area contributed by atoms with Crippen LogP contribution in [0.25, 0.3) is 0 Å². The normalized spacial score (nSPS) is 10.6. The van der Waals surface area contributed by atoms with Crippen molar-refractivity contribution in [2.24, 2.45) is 0 Å². The van der Waals surface area contributed by atoms with Crippen LogP contribution in [0, 0.1) is 11.3 Å². The largest absolute Gasteiger partial charge is 0.480 e. The zero-order valence-corrected chi connectivity index (χ0v) is 10.5. The molecule has 0 aromatic rings. The predicted octanol–water partition coefficient (Wildman–Crippen LogP) is 0.955. The van der Waals surface area contributed by atoms with E-state index in [-0.39, 0.29) is 24.0 Å². The Morgan fingerprint density at radius 1 is 1.44 bits per heavy atom. The number of aliphatic carboxylic acids is 1. The second-order valence-corrected chi connectivity index (χ2v) is 5.18. The summed E-state index contributed by atoms with van der Waals surface area (Å²) in [6.07, 6.45) is 0. The first kappa shape index (κ1) is 14.8. The van der Waals surface area contributed by atoms with E-state index in [4.69, 9.17) is 10.4 Å². The van der Waals surface area contributed by atoms with E-state index >= 15 is 0 Å². The molecule has 0 atom stereocenters. The molecule has 0 fully saturated rings. The zero-order chi connectivity index (χ0) is 12.8. The van der Waals surface area contributed by atoms with Crippen LogP contribution in [0.1, 0.15) is 20.8 Å². The van der Waals surface area contributed by atoms with Crippen molar-refractivity contribution in [1.29, 1.82) is 5.26 Å².